The first-order valence-corrected chi connectivity index (χ1v) is 13.2. The smallest absolute Gasteiger partial charge is 0.160 e. The molecular weight excluding hydrogens is 492 g/mol. The molecule has 8 rings (SSSR count). The first kappa shape index (κ1) is 22.4. The quantitative estimate of drug-likeness (QED) is 0.257. The molecule has 0 atom stereocenters. The molecule has 5 nitrogen and oxygen atoms in total. The predicted octanol–water partition coefficient (Wildman–Crippen LogP) is 8.31. The molecule has 0 aliphatic rings. The minimum atomic E-state index is 0.216. The fourth-order valence-electron chi connectivity index (χ4n) is 5.64. The number of para-hydroxylation sites is 1. The summed E-state index contributed by atoms with van der Waals surface area (Å²) in [6, 6.07) is 42.7. The van der Waals surface area contributed by atoms with Crippen LogP contribution in [-0.4, -0.2) is 24.9 Å². The molecule has 0 aliphatic carbocycles. The summed E-state index contributed by atoms with van der Waals surface area (Å²) < 4.78 is 2.17. The van der Waals surface area contributed by atoms with Gasteiger partial charge in [0.1, 0.15) is 5.75 Å². The summed E-state index contributed by atoms with van der Waals surface area (Å²) in [6.45, 7) is 0. The number of phenols is 1. The highest BCUT2D eigenvalue weighted by Crippen LogP contribution is 2.36. The molecule has 3 aromatic heterocycles. The van der Waals surface area contributed by atoms with E-state index in [2.05, 4.69) is 63.3 Å². The fraction of sp³-hybridized carbons (Fsp3) is 0. The van der Waals surface area contributed by atoms with Gasteiger partial charge in [-0.3, -0.25) is 4.57 Å². The van der Waals surface area contributed by atoms with Crippen LogP contribution in [-0.2, 0) is 0 Å². The Morgan fingerprint density at radius 3 is 2.15 bits per heavy atom. The van der Waals surface area contributed by atoms with Gasteiger partial charge in [-0.15, -0.1) is 10.2 Å². The summed E-state index contributed by atoms with van der Waals surface area (Å²) in [6.07, 6.45) is 0. The Bertz CT molecular complexity index is 2250. The van der Waals surface area contributed by atoms with Crippen molar-refractivity contribution in [2.45, 2.75) is 0 Å². The van der Waals surface area contributed by atoms with Crippen LogP contribution < -0.4 is 0 Å². The number of pyridine rings is 1. The van der Waals surface area contributed by atoms with Gasteiger partial charge in [0.15, 0.2) is 5.82 Å². The van der Waals surface area contributed by atoms with Crippen molar-refractivity contribution in [3.8, 4) is 34.1 Å². The number of hydrogen-bond acceptors (Lipinski definition) is 4. The molecule has 0 aliphatic heterocycles. The van der Waals surface area contributed by atoms with Crippen LogP contribution in [0.5, 0.6) is 5.75 Å². The summed E-state index contributed by atoms with van der Waals surface area (Å²) in [5, 5.41) is 25.3. The molecule has 0 spiro atoms. The molecule has 188 valence electrons. The first-order chi connectivity index (χ1) is 19.7. The maximum Gasteiger partial charge on any atom is 0.160 e. The van der Waals surface area contributed by atoms with Crippen LogP contribution in [0.15, 0.2) is 127 Å². The Morgan fingerprint density at radius 1 is 0.525 bits per heavy atom. The van der Waals surface area contributed by atoms with Crippen LogP contribution in [0.2, 0.25) is 0 Å². The van der Waals surface area contributed by atoms with Gasteiger partial charge in [-0.05, 0) is 59.3 Å². The molecule has 0 amide bonds. The van der Waals surface area contributed by atoms with Crippen molar-refractivity contribution in [1.29, 1.82) is 0 Å². The Labute approximate surface area is 229 Å². The first-order valence-electron chi connectivity index (χ1n) is 13.2. The molecule has 1 N–H and O–H groups in total. The molecule has 3 heterocycles. The van der Waals surface area contributed by atoms with Crippen molar-refractivity contribution in [2.24, 2.45) is 0 Å². The third-order valence-electron chi connectivity index (χ3n) is 7.57. The molecule has 0 radical (unpaired) electrons. The zero-order chi connectivity index (χ0) is 26.6. The third-order valence-corrected chi connectivity index (χ3v) is 7.57. The monoisotopic (exact) mass is 514 g/mol. The maximum atomic E-state index is 10.8. The van der Waals surface area contributed by atoms with Crippen molar-refractivity contribution in [2.75, 3.05) is 0 Å². The topological polar surface area (TPSA) is 63.8 Å². The second kappa shape index (κ2) is 8.75. The van der Waals surface area contributed by atoms with E-state index < -0.39 is 0 Å². The fourth-order valence-corrected chi connectivity index (χ4v) is 5.64. The average Bonchev–Trinajstić information content (AvgIpc) is 3.34. The number of phenolic OH excluding ortho intramolecular Hbond substituents is 1. The van der Waals surface area contributed by atoms with E-state index in [0.717, 1.165) is 66.3 Å². The van der Waals surface area contributed by atoms with Gasteiger partial charge in [0.2, 0.25) is 0 Å². The number of nitrogens with zero attached hydrogens (tertiary/aromatic N) is 4. The highest BCUT2D eigenvalue weighted by molar-refractivity contribution is 6.10. The summed E-state index contributed by atoms with van der Waals surface area (Å²) in [7, 11) is 0. The Kier molecular flexibility index (Phi) is 4.91. The molecule has 0 fully saturated rings. The van der Waals surface area contributed by atoms with Gasteiger partial charge in [-0.1, -0.05) is 78.9 Å². The van der Waals surface area contributed by atoms with Crippen LogP contribution in [0.3, 0.4) is 0 Å². The van der Waals surface area contributed by atoms with Gasteiger partial charge >= 0.3 is 0 Å². The van der Waals surface area contributed by atoms with Crippen molar-refractivity contribution in [1.82, 2.24) is 19.7 Å². The van der Waals surface area contributed by atoms with Gasteiger partial charge in [-0.25, -0.2) is 4.98 Å². The van der Waals surface area contributed by atoms with Gasteiger partial charge in [0, 0.05) is 27.3 Å². The van der Waals surface area contributed by atoms with E-state index in [0.29, 0.717) is 5.56 Å². The van der Waals surface area contributed by atoms with Crippen molar-refractivity contribution in [3.63, 3.8) is 0 Å². The third kappa shape index (κ3) is 3.52. The standard InChI is InChI=1S/C35H22N4O/c40-34-20-23-9-2-1-8-22(23)18-28(34)31-14-7-13-29(36-31)25-16-17-27-26-11-4-6-15-32(26)39(33(27)19-25)35-21-24-10-3-5-12-30(24)37-38-35/h1-21,40H. The lowest BCUT2D eigenvalue weighted by molar-refractivity contribution is 0.478. The molecule has 40 heavy (non-hydrogen) atoms. The van der Waals surface area contributed by atoms with Crippen LogP contribution >= 0.6 is 0 Å². The summed E-state index contributed by atoms with van der Waals surface area (Å²) in [4.78, 5) is 4.99. The number of benzene rings is 5. The van der Waals surface area contributed by atoms with Gasteiger partial charge in [0.05, 0.1) is 27.9 Å². The summed E-state index contributed by atoms with van der Waals surface area (Å²) >= 11 is 0. The Morgan fingerprint density at radius 2 is 1.25 bits per heavy atom. The largest absolute Gasteiger partial charge is 0.507 e. The average molecular weight is 515 g/mol. The van der Waals surface area contributed by atoms with Crippen molar-refractivity contribution in [3.05, 3.63) is 127 Å². The highest BCUT2D eigenvalue weighted by Gasteiger charge is 2.16. The lowest BCUT2D eigenvalue weighted by Gasteiger charge is -2.10. The number of fused-ring (bicyclic) bond motifs is 5. The minimum Gasteiger partial charge on any atom is -0.507 e. The van der Waals surface area contributed by atoms with E-state index in [1.807, 2.05) is 72.8 Å². The van der Waals surface area contributed by atoms with E-state index in [1.165, 1.54) is 0 Å². The molecule has 5 heteroatoms. The minimum absolute atomic E-state index is 0.216. The normalized spacial score (nSPS) is 11.6. The maximum absolute atomic E-state index is 10.8. The molecule has 0 bridgehead atoms. The second-order valence-corrected chi connectivity index (χ2v) is 9.97. The molecular formula is C35H22N4O. The SMILES string of the molecule is Oc1cc2ccccc2cc1-c1cccc(-c2ccc3c4ccccc4n(-c4cc5ccccc5nn4)c3c2)n1. The second-order valence-electron chi connectivity index (χ2n) is 9.97. The van der Waals surface area contributed by atoms with Crippen LogP contribution in [0, 0.1) is 0 Å². The van der Waals surface area contributed by atoms with E-state index in [9.17, 15) is 5.11 Å². The Hall–Kier alpha value is -5.55. The van der Waals surface area contributed by atoms with Crippen LogP contribution in [0.1, 0.15) is 0 Å². The highest BCUT2D eigenvalue weighted by atomic mass is 16.3. The Balaban J connectivity index is 1.32. The van der Waals surface area contributed by atoms with Crippen LogP contribution in [0.25, 0.3) is 71.8 Å². The molecule has 0 saturated carbocycles. The number of hydrogen-bond donors (Lipinski definition) is 1. The molecule has 0 saturated heterocycles. The van der Waals surface area contributed by atoms with Crippen molar-refractivity contribution >= 4 is 43.5 Å². The van der Waals surface area contributed by atoms with Crippen molar-refractivity contribution < 1.29 is 5.11 Å². The zero-order valence-corrected chi connectivity index (χ0v) is 21.4. The van der Waals surface area contributed by atoms with E-state index in [-0.39, 0.29) is 5.75 Å². The zero-order valence-electron chi connectivity index (χ0n) is 21.4. The predicted molar refractivity (Wildman–Crippen MR) is 162 cm³/mol. The summed E-state index contributed by atoms with van der Waals surface area (Å²) in [5.74, 6) is 0.985. The summed E-state index contributed by atoms with van der Waals surface area (Å²) in [5.41, 5.74) is 6.21. The molecule has 8 aromatic rings. The number of aromatic nitrogens is 4. The van der Waals surface area contributed by atoms with Gasteiger partial charge in [-0.2, -0.15) is 0 Å². The van der Waals surface area contributed by atoms with E-state index >= 15 is 0 Å². The number of rotatable bonds is 3. The van der Waals surface area contributed by atoms with E-state index in [4.69, 9.17) is 4.98 Å². The van der Waals surface area contributed by atoms with E-state index in [1.54, 1.807) is 6.07 Å². The van der Waals surface area contributed by atoms with Gasteiger partial charge in [0.25, 0.3) is 0 Å². The molecule has 5 aromatic carbocycles. The molecule has 0 unspecified atom stereocenters. The number of aromatic hydroxyl groups is 1. The van der Waals surface area contributed by atoms with Crippen LogP contribution in [0.4, 0.5) is 0 Å². The lowest BCUT2D eigenvalue weighted by atomic mass is 10.0. The lowest BCUT2D eigenvalue weighted by Crippen LogP contribution is -1.99. The van der Waals surface area contributed by atoms with Gasteiger partial charge < -0.3 is 5.11 Å².